The summed E-state index contributed by atoms with van der Waals surface area (Å²) >= 11 is 0. The van der Waals surface area contributed by atoms with Crippen LogP contribution in [-0.4, -0.2) is 31.7 Å². The fourth-order valence-electron chi connectivity index (χ4n) is 2.86. The number of hydrogen-bond donors (Lipinski definition) is 1. The zero-order valence-corrected chi connectivity index (χ0v) is 18.9. The van der Waals surface area contributed by atoms with Crippen LogP contribution in [0.4, 0.5) is 10.1 Å². The van der Waals surface area contributed by atoms with Crippen molar-refractivity contribution in [2.24, 2.45) is 0 Å². The molecule has 3 rings (SSSR count). The van der Waals surface area contributed by atoms with E-state index < -0.39 is 15.9 Å². The van der Waals surface area contributed by atoms with Gasteiger partial charge >= 0.3 is 0 Å². The van der Waals surface area contributed by atoms with E-state index in [-0.39, 0.29) is 28.9 Å². The lowest BCUT2D eigenvalue weighted by molar-refractivity contribution is 0.102. The van der Waals surface area contributed by atoms with E-state index >= 15 is 0 Å². The van der Waals surface area contributed by atoms with Crippen molar-refractivity contribution in [1.29, 1.82) is 0 Å². The molecular formula is C24H25FN2O4S. The molecule has 3 aromatic rings. The second kappa shape index (κ2) is 9.93. The third-order valence-corrected chi connectivity index (χ3v) is 6.94. The van der Waals surface area contributed by atoms with Crippen molar-refractivity contribution in [1.82, 2.24) is 4.31 Å². The summed E-state index contributed by atoms with van der Waals surface area (Å²) in [5, 5.41) is 2.76. The van der Waals surface area contributed by atoms with Gasteiger partial charge in [0, 0.05) is 30.4 Å². The molecule has 0 saturated heterocycles. The number of rotatable bonds is 8. The number of anilines is 1. The minimum Gasteiger partial charge on any atom is -0.489 e. The predicted molar refractivity (Wildman–Crippen MR) is 122 cm³/mol. The van der Waals surface area contributed by atoms with Gasteiger partial charge in [0.05, 0.1) is 4.90 Å². The summed E-state index contributed by atoms with van der Waals surface area (Å²) in [7, 11) is -2.20. The van der Waals surface area contributed by atoms with Crippen molar-refractivity contribution in [3.05, 3.63) is 89.7 Å². The summed E-state index contributed by atoms with van der Waals surface area (Å²) in [6.07, 6.45) is 0. The van der Waals surface area contributed by atoms with Crippen molar-refractivity contribution in [2.45, 2.75) is 31.4 Å². The predicted octanol–water partition coefficient (Wildman–Crippen LogP) is 4.69. The Kier molecular flexibility index (Phi) is 7.27. The first kappa shape index (κ1) is 23.4. The highest BCUT2D eigenvalue weighted by Gasteiger charge is 2.24. The van der Waals surface area contributed by atoms with Gasteiger partial charge in [-0.3, -0.25) is 4.79 Å². The van der Waals surface area contributed by atoms with E-state index in [0.29, 0.717) is 11.4 Å². The summed E-state index contributed by atoms with van der Waals surface area (Å²) in [5.74, 6) is -0.224. The SMILES string of the molecule is CC(C)N(C)S(=O)(=O)c1cccc(C(=O)Nc2cccc(OCc3ccc(F)cc3)c2)c1. The van der Waals surface area contributed by atoms with Gasteiger partial charge in [-0.1, -0.05) is 24.3 Å². The summed E-state index contributed by atoms with van der Waals surface area (Å²) in [6, 6.07) is 18.6. The van der Waals surface area contributed by atoms with E-state index in [1.54, 1.807) is 56.3 Å². The maximum Gasteiger partial charge on any atom is 0.255 e. The standard InChI is InChI=1S/C24H25FN2O4S/c1-17(2)27(3)32(29,30)23-9-4-6-19(14-23)24(28)26-21-7-5-8-22(15-21)31-16-18-10-12-20(25)13-11-18/h4-15,17H,16H2,1-3H3,(H,26,28). The maximum absolute atomic E-state index is 13.0. The number of benzene rings is 3. The number of carbonyl (C=O) groups is 1. The second-order valence-electron chi connectivity index (χ2n) is 7.54. The van der Waals surface area contributed by atoms with Crippen molar-refractivity contribution >= 4 is 21.6 Å². The highest BCUT2D eigenvalue weighted by Crippen LogP contribution is 2.21. The molecule has 0 atom stereocenters. The zero-order chi connectivity index (χ0) is 23.3. The van der Waals surface area contributed by atoms with Gasteiger partial charge in [0.1, 0.15) is 18.2 Å². The molecule has 32 heavy (non-hydrogen) atoms. The van der Waals surface area contributed by atoms with Gasteiger partial charge < -0.3 is 10.1 Å². The summed E-state index contributed by atoms with van der Waals surface area (Å²) in [4.78, 5) is 12.8. The van der Waals surface area contributed by atoms with Gasteiger partial charge in [-0.25, -0.2) is 12.8 Å². The van der Waals surface area contributed by atoms with E-state index in [1.807, 2.05) is 0 Å². The van der Waals surface area contributed by atoms with Crippen LogP contribution in [-0.2, 0) is 16.6 Å². The third kappa shape index (κ3) is 5.72. The summed E-state index contributed by atoms with van der Waals surface area (Å²) < 4.78 is 45.4. The number of carbonyl (C=O) groups excluding carboxylic acids is 1. The average molecular weight is 457 g/mol. The quantitative estimate of drug-likeness (QED) is 0.534. The lowest BCUT2D eigenvalue weighted by Crippen LogP contribution is -2.33. The molecule has 8 heteroatoms. The van der Waals surface area contributed by atoms with Gasteiger partial charge in [0.15, 0.2) is 0 Å². The molecule has 1 N–H and O–H groups in total. The normalized spacial score (nSPS) is 11.6. The van der Waals surface area contributed by atoms with Crippen LogP contribution in [0.25, 0.3) is 0 Å². The van der Waals surface area contributed by atoms with Crippen LogP contribution >= 0.6 is 0 Å². The van der Waals surface area contributed by atoms with Gasteiger partial charge in [0.25, 0.3) is 5.91 Å². The minimum absolute atomic E-state index is 0.0535. The van der Waals surface area contributed by atoms with Crippen LogP contribution in [0.5, 0.6) is 5.75 Å². The molecule has 0 aliphatic heterocycles. The Hall–Kier alpha value is -3.23. The number of hydrogen-bond acceptors (Lipinski definition) is 4. The van der Waals surface area contributed by atoms with Crippen molar-refractivity contribution in [3.63, 3.8) is 0 Å². The molecule has 6 nitrogen and oxygen atoms in total. The molecule has 0 aromatic heterocycles. The molecular weight excluding hydrogens is 431 g/mol. The largest absolute Gasteiger partial charge is 0.489 e. The smallest absolute Gasteiger partial charge is 0.255 e. The number of nitrogens with zero attached hydrogens (tertiary/aromatic N) is 1. The van der Waals surface area contributed by atoms with Gasteiger partial charge in [-0.2, -0.15) is 4.31 Å². The number of amides is 1. The Morgan fingerprint density at radius 3 is 2.41 bits per heavy atom. The molecule has 1 amide bonds. The molecule has 0 spiro atoms. The fourth-order valence-corrected chi connectivity index (χ4v) is 4.27. The van der Waals surface area contributed by atoms with Crippen LogP contribution < -0.4 is 10.1 Å². The highest BCUT2D eigenvalue weighted by atomic mass is 32.2. The van der Waals surface area contributed by atoms with Gasteiger partial charge in [-0.15, -0.1) is 0 Å². The number of halogens is 1. The van der Waals surface area contributed by atoms with Gasteiger partial charge in [0.2, 0.25) is 10.0 Å². The average Bonchev–Trinajstić information content (AvgIpc) is 2.78. The number of ether oxygens (including phenoxy) is 1. The summed E-state index contributed by atoms with van der Waals surface area (Å²) in [5.41, 5.74) is 1.53. The zero-order valence-electron chi connectivity index (χ0n) is 18.1. The first-order valence-corrected chi connectivity index (χ1v) is 11.5. The Bertz CT molecular complexity index is 1190. The molecule has 0 aliphatic carbocycles. The molecule has 3 aromatic carbocycles. The Balaban J connectivity index is 1.71. The van der Waals surface area contributed by atoms with Crippen LogP contribution in [0, 0.1) is 5.82 Å². The molecule has 0 radical (unpaired) electrons. The Labute approximate surface area is 187 Å². The molecule has 0 saturated carbocycles. The van der Waals surface area contributed by atoms with E-state index in [0.717, 1.165) is 5.56 Å². The number of sulfonamides is 1. The first-order valence-electron chi connectivity index (χ1n) is 10.0. The maximum atomic E-state index is 13.0. The van der Waals surface area contributed by atoms with Crippen LogP contribution in [0.2, 0.25) is 0 Å². The monoisotopic (exact) mass is 456 g/mol. The molecule has 0 heterocycles. The van der Waals surface area contributed by atoms with E-state index in [1.165, 1.54) is 41.7 Å². The van der Waals surface area contributed by atoms with Crippen LogP contribution in [0.3, 0.4) is 0 Å². The molecule has 0 unspecified atom stereocenters. The van der Waals surface area contributed by atoms with Crippen LogP contribution in [0.15, 0.2) is 77.7 Å². The lowest BCUT2D eigenvalue weighted by Gasteiger charge is -2.21. The first-order chi connectivity index (χ1) is 15.2. The number of nitrogens with one attached hydrogen (secondary N) is 1. The van der Waals surface area contributed by atoms with Crippen LogP contribution in [0.1, 0.15) is 29.8 Å². The second-order valence-corrected chi connectivity index (χ2v) is 9.54. The molecule has 168 valence electrons. The lowest BCUT2D eigenvalue weighted by atomic mass is 10.2. The molecule has 0 bridgehead atoms. The molecule has 0 aliphatic rings. The van der Waals surface area contributed by atoms with Crippen molar-refractivity contribution in [2.75, 3.05) is 12.4 Å². The highest BCUT2D eigenvalue weighted by molar-refractivity contribution is 7.89. The Morgan fingerprint density at radius 1 is 1.03 bits per heavy atom. The van der Waals surface area contributed by atoms with Crippen molar-refractivity contribution in [3.8, 4) is 5.75 Å². The molecule has 0 fully saturated rings. The van der Waals surface area contributed by atoms with E-state index in [4.69, 9.17) is 4.74 Å². The van der Waals surface area contributed by atoms with Crippen molar-refractivity contribution < 1.29 is 22.3 Å². The topological polar surface area (TPSA) is 75.7 Å². The Morgan fingerprint density at radius 2 is 1.72 bits per heavy atom. The third-order valence-electron chi connectivity index (χ3n) is 4.91. The van der Waals surface area contributed by atoms with E-state index in [9.17, 15) is 17.6 Å². The summed E-state index contributed by atoms with van der Waals surface area (Å²) in [6.45, 7) is 3.81. The minimum atomic E-state index is -3.70. The fraction of sp³-hybridized carbons (Fsp3) is 0.208. The van der Waals surface area contributed by atoms with E-state index in [2.05, 4.69) is 5.32 Å². The van der Waals surface area contributed by atoms with Gasteiger partial charge in [-0.05, 0) is 61.9 Å².